The maximum atomic E-state index is 3.84. The van der Waals surface area contributed by atoms with E-state index in [1.165, 1.54) is 44.5 Å². The molecule has 71 heavy (non-hydrogen) atoms. The van der Waals surface area contributed by atoms with Crippen LogP contribution >= 0.6 is 0 Å². The van der Waals surface area contributed by atoms with E-state index in [0.29, 0.717) is 0 Å². The van der Waals surface area contributed by atoms with Gasteiger partial charge in [-0.25, -0.2) is 0 Å². The van der Waals surface area contributed by atoms with Gasteiger partial charge in [0, 0.05) is 62.6 Å². The van der Waals surface area contributed by atoms with Crippen molar-refractivity contribution < 1.29 is 0 Å². The van der Waals surface area contributed by atoms with Crippen molar-refractivity contribution in [2.75, 3.05) is 20.0 Å². The number of anilines is 11. The molecule has 2 aliphatic rings. The molecule has 4 heteroatoms. The van der Waals surface area contributed by atoms with Crippen molar-refractivity contribution in [2.24, 2.45) is 0 Å². The molecule has 0 unspecified atom stereocenters. The monoisotopic (exact) mass is 908 g/mol. The summed E-state index contributed by atoms with van der Waals surface area (Å²) in [4.78, 5) is 7.00. The maximum absolute atomic E-state index is 3.84. The first-order valence-corrected chi connectivity index (χ1v) is 24.3. The first-order chi connectivity index (χ1) is 35.2. The van der Waals surface area contributed by atoms with Crippen LogP contribution in [0.15, 0.2) is 285 Å². The molecule has 0 saturated heterocycles. The minimum Gasteiger partial charge on any atom is -0.356 e. The lowest BCUT2D eigenvalue weighted by Crippen LogP contribution is -2.26. The molecule has 11 aromatic rings. The zero-order chi connectivity index (χ0) is 47.1. The highest BCUT2D eigenvalue weighted by Gasteiger charge is 2.52. The van der Waals surface area contributed by atoms with E-state index in [1.54, 1.807) is 0 Å². The molecule has 0 fully saturated rings. The predicted molar refractivity (Wildman–Crippen MR) is 297 cm³/mol. The lowest BCUT2D eigenvalue weighted by Gasteiger charge is -2.32. The number of fused-ring (bicyclic) bond motifs is 10. The van der Waals surface area contributed by atoms with E-state index < -0.39 is 5.41 Å². The summed E-state index contributed by atoms with van der Waals surface area (Å²) in [5.41, 5.74) is 21.6. The van der Waals surface area contributed by atoms with Gasteiger partial charge in [-0.2, -0.15) is 0 Å². The molecule has 0 atom stereocenters. The Balaban J connectivity index is 0.917. The Labute approximate surface area is 415 Å². The normalized spacial score (nSPS) is 12.3. The number of rotatable bonds is 11. The largest absolute Gasteiger partial charge is 0.356 e. The van der Waals surface area contributed by atoms with Gasteiger partial charge in [-0.05, 0) is 178 Å². The second-order valence-corrected chi connectivity index (χ2v) is 18.2. The van der Waals surface area contributed by atoms with Crippen LogP contribution in [0.3, 0.4) is 0 Å². The molecule has 0 saturated carbocycles. The molecule has 13 rings (SSSR count). The van der Waals surface area contributed by atoms with Crippen molar-refractivity contribution in [1.82, 2.24) is 0 Å². The van der Waals surface area contributed by atoms with Gasteiger partial charge in [0.25, 0.3) is 0 Å². The third-order valence-corrected chi connectivity index (χ3v) is 14.2. The number of hydrogen-bond acceptors (Lipinski definition) is 4. The highest BCUT2D eigenvalue weighted by Crippen LogP contribution is 2.64. The van der Waals surface area contributed by atoms with Gasteiger partial charge in [-0.3, -0.25) is 0 Å². The standard InChI is InChI=1S/C67H48N4/c1-6-20-50(21-7-1)69(51-22-8-2-9-23-51)55-37-34-48(35-38-55)68-49-36-44-61-62-45-43-58(47-66(62)67(65(61)46-49)63-32-18-16-30-59(63)60-31-17-19-33-64(60)67)71(54-28-14-5-15-29-54)57-41-39-56(40-42-57)70(52-24-10-3-11-25-52)53-26-12-4-13-27-53/h1-47,68H. The highest BCUT2D eigenvalue weighted by atomic mass is 15.2. The topological polar surface area (TPSA) is 21.8 Å². The van der Waals surface area contributed by atoms with Gasteiger partial charge in [0.2, 0.25) is 0 Å². The van der Waals surface area contributed by atoms with Crippen LogP contribution in [-0.4, -0.2) is 0 Å². The molecule has 11 aromatic carbocycles. The summed E-state index contributed by atoms with van der Waals surface area (Å²) in [6.07, 6.45) is 0. The molecule has 0 heterocycles. The fourth-order valence-corrected chi connectivity index (χ4v) is 11.2. The molecule has 0 radical (unpaired) electrons. The predicted octanol–water partition coefficient (Wildman–Crippen LogP) is 18.2. The zero-order valence-corrected chi connectivity index (χ0v) is 39.0. The van der Waals surface area contributed by atoms with Crippen molar-refractivity contribution in [1.29, 1.82) is 0 Å². The molecular weight excluding hydrogens is 861 g/mol. The van der Waals surface area contributed by atoms with E-state index in [1.807, 2.05) is 0 Å². The van der Waals surface area contributed by atoms with E-state index in [4.69, 9.17) is 0 Å². The van der Waals surface area contributed by atoms with Crippen LogP contribution in [0.1, 0.15) is 22.3 Å². The lowest BCUT2D eigenvalue weighted by atomic mass is 9.70. The molecule has 0 amide bonds. The Kier molecular flexibility index (Phi) is 10.4. The molecule has 1 spiro atoms. The van der Waals surface area contributed by atoms with Gasteiger partial charge in [0.1, 0.15) is 0 Å². The maximum Gasteiger partial charge on any atom is 0.0727 e. The number of nitrogens with one attached hydrogen (secondary N) is 1. The third kappa shape index (κ3) is 7.16. The quantitative estimate of drug-likeness (QED) is 0.140. The van der Waals surface area contributed by atoms with Crippen LogP contribution < -0.4 is 20.0 Å². The van der Waals surface area contributed by atoms with Gasteiger partial charge in [0.05, 0.1) is 5.41 Å². The van der Waals surface area contributed by atoms with Crippen molar-refractivity contribution in [2.45, 2.75) is 5.41 Å². The van der Waals surface area contributed by atoms with Crippen LogP contribution in [0.2, 0.25) is 0 Å². The fraction of sp³-hybridized carbons (Fsp3) is 0.0149. The molecule has 0 aromatic heterocycles. The molecule has 4 nitrogen and oxygen atoms in total. The summed E-state index contributed by atoms with van der Waals surface area (Å²) in [6, 6.07) is 103. The highest BCUT2D eigenvalue weighted by molar-refractivity contribution is 5.97. The first-order valence-electron chi connectivity index (χ1n) is 24.3. The first kappa shape index (κ1) is 41.8. The van der Waals surface area contributed by atoms with Crippen molar-refractivity contribution in [3.63, 3.8) is 0 Å². The van der Waals surface area contributed by atoms with E-state index in [9.17, 15) is 0 Å². The minimum absolute atomic E-state index is 0.556. The van der Waals surface area contributed by atoms with E-state index in [-0.39, 0.29) is 0 Å². The minimum atomic E-state index is -0.556. The number of para-hydroxylation sites is 5. The Morgan fingerprint density at radius 2 is 0.493 bits per heavy atom. The van der Waals surface area contributed by atoms with Crippen LogP contribution in [0.5, 0.6) is 0 Å². The van der Waals surface area contributed by atoms with Crippen molar-refractivity contribution in [3.8, 4) is 22.3 Å². The van der Waals surface area contributed by atoms with E-state index in [2.05, 4.69) is 305 Å². The smallest absolute Gasteiger partial charge is 0.0727 e. The summed E-state index contributed by atoms with van der Waals surface area (Å²) in [6.45, 7) is 0. The summed E-state index contributed by atoms with van der Waals surface area (Å²) in [5, 5.41) is 3.84. The van der Waals surface area contributed by atoms with E-state index >= 15 is 0 Å². The SMILES string of the molecule is c1ccc(N(c2ccccc2)c2ccc(Nc3ccc4c(c3)C3(c5ccccc5-c5ccccc53)c3cc(N(c5ccccc5)c5ccc(N(c6ccccc6)c6ccccc6)cc5)ccc3-4)cc2)cc1. The summed E-state index contributed by atoms with van der Waals surface area (Å²) >= 11 is 0. The molecular formula is C67H48N4. The summed E-state index contributed by atoms with van der Waals surface area (Å²) in [5.74, 6) is 0. The Bertz CT molecular complexity index is 3530. The Morgan fingerprint density at radius 3 is 0.915 bits per heavy atom. The zero-order valence-electron chi connectivity index (χ0n) is 39.0. The molecule has 336 valence electrons. The number of benzene rings is 11. The lowest BCUT2D eigenvalue weighted by molar-refractivity contribution is 0.794. The van der Waals surface area contributed by atoms with Crippen LogP contribution in [0, 0.1) is 0 Å². The van der Waals surface area contributed by atoms with Gasteiger partial charge < -0.3 is 20.0 Å². The van der Waals surface area contributed by atoms with Gasteiger partial charge in [0.15, 0.2) is 0 Å². The molecule has 1 N–H and O–H groups in total. The van der Waals surface area contributed by atoms with Gasteiger partial charge in [-0.1, -0.05) is 152 Å². The molecule has 0 aliphatic heterocycles. The molecule has 2 aliphatic carbocycles. The average Bonchev–Trinajstić information content (AvgIpc) is 3.90. The van der Waals surface area contributed by atoms with Gasteiger partial charge >= 0.3 is 0 Å². The average molecular weight is 909 g/mol. The third-order valence-electron chi connectivity index (χ3n) is 14.2. The van der Waals surface area contributed by atoms with Gasteiger partial charge in [-0.15, -0.1) is 0 Å². The fourth-order valence-electron chi connectivity index (χ4n) is 11.2. The Hall–Kier alpha value is -9.38. The second kappa shape index (κ2) is 17.6. The van der Waals surface area contributed by atoms with Crippen LogP contribution in [-0.2, 0) is 5.41 Å². The van der Waals surface area contributed by atoms with E-state index in [0.717, 1.165) is 62.6 Å². The number of hydrogen-bond donors (Lipinski definition) is 1. The van der Waals surface area contributed by atoms with Crippen molar-refractivity contribution in [3.05, 3.63) is 307 Å². The van der Waals surface area contributed by atoms with Crippen molar-refractivity contribution >= 4 is 62.6 Å². The van der Waals surface area contributed by atoms with Crippen LogP contribution in [0.25, 0.3) is 22.3 Å². The Morgan fingerprint density at radius 1 is 0.211 bits per heavy atom. The summed E-state index contributed by atoms with van der Waals surface area (Å²) in [7, 11) is 0. The summed E-state index contributed by atoms with van der Waals surface area (Å²) < 4.78 is 0. The number of nitrogens with zero attached hydrogens (tertiary/aromatic N) is 3. The second-order valence-electron chi connectivity index (χ2n) is 18.2. The molecule has 0 bridgehead atoms. The van der Waals surface area contributed by atoms with Crippen LogP contribution in [0.4, 0.5) is 62.6 Å².